The molecule has 0 aromatic carbocycles. The summed E-state index contributed by atoms with van der Waals surface area (Å²) in [6.45, 7) is 8.52. The highest BCUT2D eigenvalue weighted by Crippen LogP contribution is 2.53. The molecule has 110 valence electrons. The lowest BCUT2D eigenvalue weighted by atomic mass is 9.53. The van der Waals surface area contributed by atoms with Crippen LogP contribution in [0.3, 0.4) is 0 Å². The predicted molar refractivity (Wildman–Crippen MR) is 75.8 cm³/mol. The molecule has 0 aromatic rings. The molecule has 0 spiro atoms. The molecule has 0 aromatic heterocycles. The summed E-state index contributed by atoms with van der Waals surface area (Å²) in [6, 6.07) is 0. The van der Waals surface area contributed by atoms with Crippen LogP contribution in [0, 0.1) is 17.3 Å². The normalized spacial score (nSPS) is 24.6. The van der Waals surface area contributed by atoms with Crippen LogP contribution in [0.5, 0.6) is 0 Å². The first-order valence-electron chi connectivity index (χ1n) is 7.55. The summed E-state index contributed by atoms with van der Waals surface area (Å²) in [5.41, 5.74) is -0.0485. The summed E-state index contributed by atoms with van der Waals surface area (Å²) in [6.07, 6.45) is 5.79. The molecule has 3 nitrogen and oxygen atoms in total. The summed E-state index contributed by atoms with van der Waals surface area (Å²) in [5.74, 6) is 0.560. The van der Waals surface area contributed by atoms with Gasteiger partial charge in [0.05, 0.1) is 6.61 Å². The highest BCUT2D eigenvalue weighted by atomic mass is 16.5. The van der Waals surface area contributed by atoms with Gasteiger partial charge in [0, 0.05) is 12.3 Å². The molecule has 0 unspecified atom stereocenters. The molecule has 1 saturated carbocycles. The molecule has 0 saturated heterocycles. The number of ether oxygens (including phenoxy) is 1. The first-order valence-corrected chi connectivity index (χ1v) is 7.55. The number of ketones is 1. The third-order valence-corrected chi connectivity index (χ3v) is 4.64. The zero-order chi connectivity index (χ0) is 14.5. The second-order valence-corrected chi connectivity index (χ2v) is 6.40. The highest BCUT2D eigenvalue weighted by Gasteiger charge is 2.50. The smallest absolute Gasteiger partial charge is 0.306 e. The molecule has 1 rings (SSSR count). The van der Waals surface area contributed by atoms with Crippen molar-refractivity contribution < 1.29 is 14.3 Å². The molecule has 0 amide bonds. The minimum atomic E-state index is -0.100. The Morgan fingerprint density at radius 1 is 1.21 bits per heavy atom. The SMILES string of the molecule is CCCCCCOC(=O)C[C@@H]1C[C@@H](C(C)=O)C1(C)C. The fraction of sp³-hybridized carbons (Fsp3) is 0.875. The second kappa shape index (κ2) is 7.06. The van der Waals surface area contributed by atoms with E-state index in [0.717, 1.165) is 19.3 Å². The van der Waals surface area contributed by atoms with Crippen molar-refractivity contribution >= 4 is 11.8 Å². The third-order valence-electron chi connectivity index (χ3n) is 4.64. The van der Waals surface area contributed by atoms with Crippen LogP contribution < -0.4 is 0 Å². The van der Waals surface area contributed by atoms with E-state index in [1.165, 1.54) is 12.8 Å². The molecular weight excluding hydrogens is 240 g/mol. The van der Waals surface area contributed by atoms with Crippen LogP contribution in [0.15, 0.2) is 0 Å². The number of hydrogen-bond acceptors (Lipinski definition) is 3. The molecule has 0 N–H and O–H groups in total. The van der Waals surface area contributed by atoms with E-state index in [1.807, 2.05) is 0 Å². The Morgan fingerprint density at radius 2 is 1.89 bits per heavy atom. The van der Waals surface area contributed by atoms with Crippen molar-refractivity contribution in [2.24, 2.45) is 17.3 Å². The van der Waals surface area contributed by atoms with Gasteiger partial charge in [0.2, 0.25) is 0 Å². The van der Waals surface area contributed by atoms with Crippen molar-refractivity contribution in [1.82, 2.24) is 0 Å². The summed E-state index contributed by atoms with van der Waals surface area (Å²) in [7, 11) is 0. The van der Waals surface area contributed by atoms with Crippen LogP contribution in [0.25, 0.3) is 0 Å². The Bertz CT molecular complexity index is 320. The quantitative estimate of drug-likeness (QED) is 0.497. The van der Waals surface area contributed by atoms with E-state index in [1.54, 1.807) is 6.92 Å². The fourth-order valence-corrected chi connectivity index (χ4v) is 3.03. The Morgan fingerprint density at radius 3 is 2.42 bits per heavy atom. The number of carbonyl (C=O) groups excluding carboxylic acids is 2. The number of unbranched alkanes of at least 4 members (excludes halogenated alkanes) is 3. The van der Waals surface area contributed by atoms with Crippen LogP contribution >= 0.6 is 0 Å². The monoisotopic (exact) mass is 268 g/mol. The van der Waals surface area contributed by atoms with E-state index in [4.69, 9.17) is 4.74 Å². The van der Waals surface area contributed by atoms with E-state index in [0.29, 0.717) is 18.9 Å². The van der Waals surface area contributed by atoms with Crippen molar-refractivity contribution in [2.75, 3.05) is 6.61 Å². The first-order chi connectivity index (χ1) is 8.89. The molecule has 0 bridgehead atoms. The number of Topliss-reactive ketones (excluding diaryl/α,β-unsaturated/α-hetero) is 1. The van der Waals surface area contributed by atoms with Crippen molar-refractivity contribution in [3.8, 4) is 0 Å². The molecule has 0 heterocycles. The van der Waals surface area contributed by atoms with Crippen molar-refractivity contribution in [3.05, 3.63) is 0 Å². The van der Waals surface area contributed by atoms with Gasteiger partial charge in [-0.1, -0.05) is 40.0 Å². The summed E-state index contributed by atoms with van der Waals surface area (Å²) in [4.78, 5) is 23.2. The molecule has 3 heteroatoms. The van der Waals surface area contributed by atoms with Gasteiger partial charge in [-0.15, -0.1) is 0 Å². The Balaban J connectivity index is 2.22. The molecular formula is C16H28O3. The lowest BCUT2D eigenvalue weighted by molar-refractivity contribution is -0.153. The molecule has 1 aliphatic carbocycles. The maximum Gasteiger partial charge on any atom is 0.306 e. The van der Waals surface area contributed by atoms with Gasteiger partial charge in [-0.2, -0.15) is 0 Å². The van der Waals surface area contributed by atoms with E-state index in [-0.39, 0.29) is 23.1 Å². The topological polar surface area (TPSA) is 43.4 Å². The van der Waals surface area contributed by atoms with E-state index < -0.39 is 0 Å². The van der Waals surface area contributed by atoms with Crippen molar-refractivity contribution in [3.63, 3.8) is 0 Å². The zero-order valence-electron chi connectivity index (χ0n) is 12.8. The standard InChI is InChI=1S/C16H28O3/c1-5-6-7-8-9-19-15(18)11-13-10-14(12(2)17)16(13,3)4/h13-14H,5-11H2,1-4H3/t13-,14-/m0/s1. The minimum absolute atomic E-state index is 0.0485. The van der Waals surface area contributed by atoms with Gasteiger partial charge in [0.25, 0.3) is 0 Å². The maximum absolute atomic E-state index is 11.7. The minimum Gasteiger partial charge on any atom is -0.466 e. The van der Waals surface area contributed by atoms with Crippen LogP contribution in [0.2, 0.25) is 0 Å². The highest BCUT2D eigenvalue weighted by molar-refractivity contribution is 5.81. The summed E-state index contributed by atoms with van der Waals surface area (Å²) >= 11 is 0. The predicted octanol–water partition coefficient (Wildman–Crippen LogP) is 3.75. The molecule has 2 atom stereocenters. The van der Waals surface area contributed by atoms with Crippen molar-refractivity contribution in [2.45, 2.75) is 66.2 Å². The Labute approximate surface area is 117 Å². The number of carbonyl (C=O) groups is 2. The first kappa shape index (κ1) is 16.2. The fourth-order valence-electron chi connectivity index (χ4n) is 3.03. The van der Waals surface area contributed by atoms with Gasteiger partial charge in [0.15, 0.2) is 0 Å². The lowest BCUT2D eigenvalue weighted by Crippen LogP contribution is -2.49. The lowest BCUT2D eigenvalue weighted by Gasteiger charge is -2.50. The molecule has 1 fully saturated rings. The van der Waals surface area contributed by atoms with E-state index in [2.05, 4.69) is 20.8 Å². The Kier molecular flexibility index (Phi) is 6.02. The van der Waals surface area contributed by atoms with Gasteiger partial charge >= 0.3 is 5.97 Å². The van der Waals surface area contributed by atoms with E-state index in [9.17, 15) is 9.59 Å². The summed E-state index contributed by atoms with van der Waals surface area (Å²) in [5, 5.41) is 0. The molecule has 19 heavy (non-hydrogen) atoms. The maximum atomic E-state index is 11.7. The number of hydrogen-bond donors (Lipinski definition) is 0. The van der Waals surface area contributed by atoms with Gasteiger partial charge in [-0.05, 0) is 31.1 Å². The van der Waals surface area contributed by atoms with E-state index >= 15 is 0 Å². The van der Waals surface area contributed by atoms with Crippen LogP contribution in [0.1, 0.15) is 66.2 Å². The Hall–Kier alpha value is -0.860. The van der Waals surface area contributed by atoms with Gasteiger partial charge in [-0.25, -0.2) is 0 Å². The van der Waals surface area contributed by atoms with Gasteiger partial charge < -0.3 is 4.74 Å². The second-order valence-electron chi connectivity index (χ2n) is 6.40. The summed E-state index contributed by atoms with van der Waals surface area (Å²) < 4.78 is 5.26. The van der Waals surface area contributed by atoms with Crippen molar-refractivity contribution in [1.29, 1.82) is 0 Å². The van der Waals surface area contributed by atoms with Gasteiger partial charge in [0.1, 0.15) is 5.78 Å². The average Bonchev–Trinajstić information content (AvgIpc) is 2.33. The van der Waals surface area contributed by atoms with Crippen LogP contribution in [-0.2, 0) is 14.3 Å². The number of rotatable bonds is 8. The van der Waals surface area contributed by atoms with Crippen LogP contribution in [0.4, 0.5) is 0 Å². The third kappa shape index (κ3) is 4.32. The van der Waals surface area contributed by atoms with Crippen LogP contribution in [-0.4, -0.2) is 18.4 Å². The van der Waals surface area contributed by atoms with Gasteiger partial charge in [-0.3, -0.25) is 9.59 Å². The average molecular weight is 268 g/mol. The zero-order valence-corrected chi connectivity index (χ0v) is 12.8. The molecule has 0 aliphatic heterocycles. The largest absolute Gasteiger partial charge is 0.466 e. The molecule has 0 radical (unpaired) electrons. The number of esters is 1. The molecule has 1 aliphatic rings.